The molecule has 0 aromatic heterocycles. The molecule has 0 saturated carbocycles. The first-order valence-corrected chi connectivity index (χ1v) is 13.7. The molecule has 35 heavy (non-hydrogen) atoms. The Kier molecular flexibility index (Phi) is 13.4. The van der Waals surface area contributed by atoms with Crippen LogP contribution in [-0.2, 0) is 30.0 Å². The van der Waals surface area contributed by atoms with Gasteiger partial charge < -0.3 is 29.7 Å². The third kappa shape index (κ3) is 10.8. The normalized spacial score (nSPS) is 17.1. The van der Waals surface area contributed by atoms with E-state index in [0.717, 1.165) is 5.56 Å². The van der Waals surface area contributed by atoms with Gasteiger partial charge in [-0.1, -0.05) is 36.8 Å². The van der Waals surface area contributed by atoms with Crippen molar-refractivity contribution in [2.45, 2.75) is 70.1 Å². The zero-order valence-corrected chi connectivity index (χ0v) is 21.0. The number of carbonyl (C=O) groups excluding carboxylic acids is 2. The molecule has 3 N–H and O–H groups in total. The minimum absolute atomic E-state index is 0.0717. The molecule has 1 aliphatic heterocycles. The van der Waals surface area contributed by atoms with Crippen molar-refractivity contribution in [1.29, 1.82) is 0 Å². The summed E-state index contributed by atoms with van der Waals surface area (Å²) in [5.74, 6) is -1.50. The number of alkyl carbamates (subject to hydrolysis) is 1. The van der Waals surface area contributed by atoms with Crippen LogP contribution in [0.3, 0.4) is 0 Å². The van der Waals surface area contributed by atoms with Gasteiger partial charge in [0.15, 0.2) is 8.03 Å². The Hall–Kier alpha value is -2.42. The van der Waals surface area contributed by atoms with Crippen molar-refractivity contribution >= 4 is 26.0 Å². The lowest BCUT2D eigenvalue weighted by Crippen LogP contribution is -2.45. The number of carbonyl (C=O) groups is 3. The minimum Gasteiger partial charge on any atom is -0.480 e. The van der Waals surface area contributed by atoms with E-state index in [9.17, 15) is 24.1 Å². The first-order valence-electron chi connectivity index (χ1n) is 12.2. The summed E-state index contributed by atoms with van der Waals surface area (Å²) in [6, 6.07) is 8.43. The average Bonchev–Trinajstić information content (AvgIpc) is 3.35. The second-order valence-electron chi connectivity index (χ2n) is 8.52. The number of hydrogen-bond donors (Lipinski definition) is 3. The van der Waals surface area contributed by atoms with Gasteiger partial charge in [-0.3, -0.25) is 9.36 Å². The molecule has 1 heterocycles. The lowest BCUT2D eigenvalue weighted by atomic mass is 10.1. The molecular formula is C24H37N2O8P. The molecular weight excluding hydrogens is 475 g/mol. The van der Waals surface area contributed by atoms with Gasteiger partial charge in [0.05, 0.1) is 0 Å². The molecule has 1 aromatic rings. The Morgan fingerprint density at radius 1 is 1.11 bits per heavy atom. The predicted octanol–water partition coefficient (Wildman–Crippen LogP) is 3.18. The zero-order valence-electron chi connectivity index (χ0n) is 20.0. The Labute approximate surface area is 206 Å². The van der Waals surface area contributed by atoms with Gasteiger partial charge in [0, 0.05) is 25.9 Å². The van der Waals surface area contributed by atoms with Crippen molar-refractivity contribution in [2.75, 3.05) is 25.9 Å². The summed E-state index contributed by atoms with van der Waals surface area (Å²) >= 11 is 0. The van der Waals surface area contributed by atoms with Crippen LogP contribution >= 0.6 is 8.03 Å². The molecule has 1 aliphatic rings. The molecule has 196 valence electrons. The molecule has 1 saturated heterocycles. The first kappa shape index (κ1) is 28.8. The van der Waals surface area contributed by atoms with Crippen LogP contribution in [0, 0.1) is 0 Å². The number of rotatable bonds is 16. The quantitative estimate of drug-likeness (QED) is 0.226. The predicted molar refractivity (Wildman–Crippen MR) is 131 cm³/mol. The molecule has 0 radical (unpaired) electrons. The van der Waals surface area contributed by atoms with Crippen LogP contribution < -0.4 is 5.32 Å². The topological polar surface area (TPSA) is 142 Å². The van der Waals surface area contributed by atoms with E-state index in [1.807, 2.05) is 30.3 Å². The second-order valence-corrected chi connectivity index (χ2v) is 10.0. The highest BCUT2D eigenvalue weighted by Crippen LogP contribution is 2.30. The maximum atomic E-state index is 13.1. The van der Waals surface area contributed by atoms with Gasteiger partial charge in [-0.25, -0.2) is 9.59 Å². The first-order chi connectivity index (χ1) is 16.9. The maximum absolute atomic E-state index is 13.1. The largest absolute Gasteiger partial charge is 0.480 e. The third-order valence-corrected chi connectivity index (χ3v) is 7.09. The fourth-order valence-electron chi connectivity index (χ4n) is 3.90. The van der Waals surface area contributed by atoms with Crippen molar-refractivity contribution < 1.29 is 38.4 Å². The van der Waals surface area contributed by atoms with Gasteiger partial charge in [-0.05, 0) is 50.5 Å². The molecule has 0 bridgehead atoms. The van der Waals surface area contributed by atoms with Crippen LogP contribution in [0.25, 0.3) is 0 Å². The number of likely N-dealkylation sites (tertiary alicyclic amines) is 1. The smallest absolute Gasteiger partial charge is 0.407 e. The Morgan fingerprint density at radius 3 is 2.60 bits per heavy atom. The minimum atomic E-state index is -2.48. The van der Waals surface area contributed by atoms with Gasteiger partial charge in [0.2, 0.25) is 0 Å². The molecule has 0 aliphatic carbocycles. The SMILES string of the molecule is O=C(NCCCCC(O[PH](=O)CCCCCO)C(=O)N1CCC[C@H]1C(=O)O)OCc1ccccc1. The summed E-state index contributed by atoms with van der Waals surface area (Å²) in [6.07, 6.45) is 3.07. The van der Waals surface area contributed by atoms with Gasteiger partial charge in [0.1, 0.15) is 18.8 Å². The molecule has 2 amide bonds. The zero-order chi connectivity index (χ0) is 25.5. The van der Waals surface area contributed by atoms with Crippen molar-refractivity contribution in [3.8, 4) is 0 Å². The number of nitrogens with one attached hydrogen (secondary N) is 1. The number of amides is 2. The van der Waals surface area contributed by atoms with E-state index in [0.29, 0.717) is 64.2 Å². The summed E-state index contributed by atoms with van der Waals surface area (Å²) in [6.45, 7) is 0.917. The number of benzene rings is 1. The summed E-state index contributed by atoms with van der Waals surface area (Å²) in [4.78, 5) is 37.7. The monoisotopic (exact) mass is 512 g/mol. The number of carboxylic acids is 1. The lowest BCUT2D eigenvalue weighted by Gasteiger charge is -2.26. The van der Waals surface area contributed by atoms with Crippen molar-refractivity contribution in [1.82, 2.24) is 10.2 Å². The van der Waals surface area contributed by atoms with E-state index in [-0.39, 0.29) is 19.6 Å². The maximum Gasteiger partial charge on any atom is 0.407 e. The molecule has 10 nitrogen and oxygen atoms in total. The molecule has 3 atom stereocenters. The lowest BCUT2D eigenvalue weighted by molar-refractivity contribution is -0.151. The van der Waals surface area contributed by atoms with E-state index < -0.39 is 38.1 Å². The van der Waals surface area contributed by atoms with Gasteiger partial charge in [-0.15, -0.1) is 0 Å². The number of unbranched alkanes of at least 4 members (excludes halogenated alkanes) is 3. The highest BCUT2D eigenvalue weighted by molar-refractivity contribution is 7.39. The summed E-state index contributed by atoms with van der Waals surface area (Å²) in [5, 5.41) is 20.9. The van der Waals surface area contributed by atoms with Crippen LogP contribution in [-0.4, -0.2) is 71.1 Å². The Morgan fingerprint density at radius 2 is 1.89 bits per heavy atom. The number of ether oxygens (including phenoxy) is 1. The highest BCUT2D eigenvalue weighted by Gasteiger charge is 2.37. The number of nitrogens with zero attached hydrogens (tertiary/aromatic N) is 1. The molecule has 2 rings (SSSR count). The van der Waals surface area contributed by atoms with Crippen LogP contribution in [0.1, 0.15) is 56.9 Å². The summed E-state index contributed by atoms with van der Waals surface area (Å²) in [7, 11) is -2.48. The summed E-state index contributed by atoms with van der Waals surface area (Å²) in [5.41, 5.74) is 0.884. The van der Waals surface area contributed by atoms with E-state index >= 15 is 0 Å². The highest BCUT2D eigenvalue weighted by atomic mass is 31.1. The fourth-order valence-corrected chi connectivity index (χ4v) is 5.09. The Bertz CT molecular complexity index is 823. The average molecular weight is 513 g/mol. The van der Waals surface area contributed by atoms with Crippen LogP contribution in [0.4, 0.5) is 4.79 Å². The van der Waals surface area contributed by atoms with Crippen LogP contribution in [0.2, 0.25) is 0 Å². The molecule has 1 fully saturated rings. The number of hydrogen-bond acceptors (Lipinski definition) is 7. The number of aliphatic hydroxyl groups excluding tert-OH is 1. The van der Waals surface area contributed by atoms with Crippen LogP contribution in [0.5, 0.6) is 0 Å². The van der Waals surface area contributed by atoms with Gasteiger partial charge >= 0.3 is 12.1 Å². The molecule has 2 unspecified atom stereocenters. The van der Waals surface area contributed by atoms with E-state index in [4.69, 9.17) is 14.4 Å². The Balaban J connectivity index is 1.79. The molecule has 1 aromatic carbocycles. The molecule has 0 spiro atoms. The van der Waals surface area contributed by atoms with Gasteiger partial charge in [-0.2, -0.15) is 0 Å². The number of aliphatic carboxylic acids is 1. The third-order valence-electron chi connectivity index (χ3n) is 5.78. The standard InChI is InChI=1S/C24H37N2O8P/c27-16-7-2-8-17-35(32)34-21(22(28)26-15-9-12-20(26)23(29)30)13-5-6-14-25-24(31)33-18-19-10-3-1-4-11-19/h1,3-4,10-11,20-21,27,35H,2,5-9,12-18H2,(H,25,31)(H,29,30)/t20-,21?/m0/s1. The number of aliphatic hydroxyl groups is 1. The van der Waals surface area contributed by atoms with Gasteiger partial charge in [0.25, 0.3) is 5.91 Å². The summed E-state index contributed by atoms with van der Waals surface area (Å²) < 4.78 is 23.3. The van der Waals surface area contributed by atoms with E-state index in [1.54, 1.807) is 0 Å². The van der Waals surface area contributed by atoms with Crippen molar-refractivity contribution in [2.24, 2.45) is 0 Å². The van der Waals surface area contributed by atoms with Crippen molar-refractivity contribution in [3.63, 3.8) is 0 Å². The van der Waals surface area contributed by atoms with Crippen molar-refractivity contribution in [3.05, 3.63) is 35.9 Å². The number of carboxylic acid groups (broad SMARTS) is 1. The van der Waals surface area contributed by atoms with E-state index in [2.05, 4.69) is 5.32 Å². The van der Waals surface area contributed by atoms with Crippen LogP contribution in [0.15, 0.2) is 30.3 Å². The van der Waals surface area contributed by atoms with E-state index in [1.165, 1.54) is 4.90 Å². The fraction of sp³-hybridized carbons (Fsp3) is 0.625. The second kappa shape index (κ2) is 16.3. The molecule has 11 heteroatoms.